The molecular weight excluding hydrogens is 554 g/mol. The normalized spacial score (nSPS) is 14.1. The summed E-state index contributed by atoms with van der Waals surface area (Å²) in [7, 11) is 0. The lowest BCUT2D eigenvalue weighted by atomic mass is 10.1. The molecule has 0 unspecified atom stereocenters. The Morgan fingerprint density at radius 3 is 2.39 bits per heavy atom. The van der Waals surface area contributed by atoms with Gasteiger partial charge in [-0.3, -0.25) is 19.3 Å². The molecule has 2 N–H and O–H groups in total. The SMILES string of the molecule is CCOC(=O)C1=C(C)N(c2ccc(Br)cc2)C(=O)/C1=C/c1ccc(CNC(=O)C(=O)Nc2ccccc2)o1. The third kappa shape index (κ3) is 5.92. The van der Waals surface area contributed by atoms with Crippen LogP contribution in [0.3, 0.4) is 0 Å². The van der Waals surface area contributed by atoms with E-state index in [2.05, 4.69) is 26.6 Å². The Bertz CT molecular complexity index is 1440. The van der Waals surface area contributed by atoms with Crippen molar-refractivity contribution in [1.29, 1.82) is 0 Å². The van der Waals surface area contributed by atoms with Gasteiger partial charge in [0.15, 0.2) is 0 Å². The summed E-state index contributed by atoms with van der Waals surface area (Å²) < 4.78 is 11.8. The van der Waals surface area contributed by atoms with Gasteiger partial charge in [0.1, 0.15) is 11.5 Å². The van der Waals surface area contributed by atoms with Gasteiger partial charge in [-0.05, 0) is 68.5 Å². The van der Waals surface area contributed by atoms with E-state index in [1.54, 1.807) is 80.6 Å². The number of allylic oxidation sites excluding steroid dienone is 1. The van der Waals surface area contributed by atoms with Crippen LogP contribution in [0.15, 0.2) is 92.5 Å². The van der Waals surface area contributed by atoms with Crippen LogP contribution < -0.4 is 15.5 Å². The standard InChI is InChI=1S/C28H24BrN3O6/c1-3-37-28(36)24-17(2)32(20-11-9-18(29)10-12-20)27(35)23(24)15-21-13-14-22(38-21)16-30-25(33)26(34)31-19-7-5-4-6-8-19/h4-15H,3,16H2,1-2H3,(H,30,33)(H,31,34)/b23-15+. The molecule has 0 spiro atoms. The summed E-state index contributed by atoms with van der Waals surface area (Å²) in [5.74, 6) is -2.02. The highest BCUT2D eigenvalue weighted by Crippen LogP contribution is 2.36. The first-order chi connectivity index (χ1) is 18.3. The minimum Gasteiger partial charge on any atom is -0.462 e. The van der Waals surface area contributed by atoms with Crippen molar-refractivity contribution in [3.63, 3.8) is 0 Å². The van der Waals surface area contributed by atoms with Crippen LogP contribution >= 0.6 is 15.9 Å². The van der Waals surface area contributed by atoms with E-state index < -0.39 is 23.7 Å². The van der Waals surface area contributed by atoms with Gasteiger partial charge < -0.3 is 19.8 Å². The van der Waals surface area contributed by atoms with Crippen molar-refractivity contribution >= 4 is 57.1 Å². The van der Waals surface area contributed by atoms with Crippen molar-refractivity contribution in [2.75, 3.05) is 16.8 Å². The van der Waals surface area contributed by atoms with Crippen LogP contribution in [0.1, 0.15) is 25.4 Å². The number of carbonyl (C=O) groups is 4. The number of furan rings is 1. The number of para-hydroxylation sites is 1. The van der Waals surface area contributed by atoms with Crippen LogP contribution in [0.2, 0.25) is 0 Å². The third-order valence-electron chi connectivity index (χ3n) is 5.59. The zero-order chi connectivity index (χ0) is 27.2. The van der Waals surface area contributed by atoms with Crippen molar-refractivity contribution in [1.82, 2.24) is 5.32 Å². The van der Waals surface area contributed by atoms with Gasteiger partial charge in [0, 0.05) is 21.5 Å². The van der Waals surface area contributed by atoms with Crippen molar-refractivity contribution in [2.24, 2.45) is 0 Å². The quantitative estimate of drug-likeness (QED) is 0.241. The van der Waals surface area contributed by atoms with Crippen molar-refractivity contribution < 1.29 is 28.3 Å². The highest BCUT2D eigenvalue weighted by molar-refractivity contribution is 9.10. The molecule has 0 fully saturated rings. The number of carbonyl (C=O) groups excluding carboxylic acids is 4. The highest BCUT2D eigenvalue weighted by Gasteiger charge is 2.38. The van der Waals surface area contributed by atoms with E-state index in [1.165, 1.54) is 11.0 Å². The van der Waals surface area contributed by atoms with Crippen LogP contribution in [0, 0.1) is 0 Å². The molecule has 0 atom stereocenters. The first kappa shape index (κ1) is 26.6. The minimum absolute atomic E-state index is 0.0528. The number of hydrogen-bond acceptors (Lipinski definition) is 6. The summed E-state index contributed by atoms with van der Waals surface area (Å²) in [6, 6.07) is 18.9. The van der Waals surface area contributed by atoms with E-state index in [1.807, 2.05) is 0 Å². The van der Waals surface area contributed by atoms with E-state index in [0.29, 0.717) is 28.6 Å². The first-order valence-corrected chi connectivity index (χ1v) is 12.5. The molecule has 1 aliphatic heterocycles. The number of ether oxygens (including phenoxy) is 1. The molecule has 1 aliphatic rings. The van der Waals surface area contributed by atoms with E-state index in [-0.39, 0.29) is 24.3 Å². The fraction of sp³-hybridized carbons (Fsp3) is 0.143. The maximum absolute atomic E-state index is 13.4. The maximum atomic E-state index is 13.4. The van der Waals surface area contributed by atoms with Crippen LogP contribution in [0.4, 0.5) is 11.4 Å². The van der Waals surface area contributed by atoms with Crippen LogP contribution in [-0.2, 0) is 30.5 Å². The zero-order valence-electron chi connectivity index (χ0n) is 20.6. The fourth-order valence-corrected chi connectivity index (χ4v) is 4.11. The van der Waals surface area contributed by atoms with E-state index >= 15 is 0 Å². The Hall–Kier alpha value is -4.44. The van der Waals surface area contributed by atoms with Crippen molar-refractivity contribution in [2.45, 2.75) is 20.4 Å². The summed E-state index contributed by atoms with van der Waals surface area (Å²) in [6.07, 6.45) is 1.46. The Balaban J connectivity index is 1.51. The first-order valence-electron chi connectivity index (χ1n) is 11.7. The van der Waals surface area contributed by atoms with Gasteiger partial charge >= 0.3 is 17.8 Å². The molecule has 0 radical (unpaired) electrons. The molecule has 194 valence electrons. The second kappa shape index (κ2) is 11.7. The number of nitrogens with zero attached hydrogens (tertiary/aromatic N) is 1. The van der Waals surface area contributed by atoms with Crippen molar-refractivity contribution in [3.8, 4) is 0 Å². The number of hydrogen-bond donors (Lipinski definition) is 2. The predicted molar refractivity (Wildman–Crippen MR) is 145 cm³/mol. The Morgan fingerprint density at radius 2 is 1.71 bits per heavy atom. The van der Waals surface area contributed by atoms with E-state index in [0.717, 1.165) is 4.47 Å². The second-order valence-corrected chi connectivity index (χ2v) is 9.08. The van der Waals surface area contributed by atoms with Gasteiger partial charge in [0.25, 0.3) is 5.91 Å². The molecule has 2 aromatic carbocycles. The number of nitrogens with one attached hydrogen (secondary N) is 2. The number of amides is 3. The lowest BCUT2D eigenvalue weighted by Crippen LogP contribution is -2.34. The molecule has 9 nitrogen and oxygen atoms in total. The molecule has 2 heterocycles. The van der Waals surface area contributed by atoms with Crippen LogP contribution in [0.25, 0.3) is 6.08 Å². The number of rotatable bonds is 7. The number of benzene rings is 2. The summed E-state index contributed by atoms with van der Waals surface area (Å²) in [4.78, 5) is 51.9. The van der Waals surface area contributed by atoms with Gasteiger partial charge in [-0.2, -0.15) is 0 Å². The lowest BCUT2D eigenvalue weighted by molar-refractivity contribution is -0.138. The Kier molecular flexibility index (Phi) is 8.22. The Morgan fingerprint density at radius 1 is 1.00 bits per heavy atom. The molecule has 10 heteroatoms. The zero-order valence-corrected chi connectivity index (χ0v) is 22.2. The summed E-state index contributed by atoms with van der Waals surface area (Å²) in [5.41, 5.74) is 1.79. The average Bonchev–Trinajstić information content (AvgIpc) is 3.45. The van der Waals surface area contributed by atoms with Crippen molar-refractivity contribution in [3.05, 3.63) is 99.6 Å². The molecule has 0 bridgehead atoms. The highest BCUT2D eigenvalue weighted by atomic mass is 79.9. The minimum atomic E-state index is -0.829. The van der Waals surface area contributed by atoms with Gasteiger partial charge in [0.05, 0.1) is 24.3 Å². The fourth-order valence-electron chi connectivity index (χ4n) is 3.85. The van der Waals surface area contributed by atoms with Gasteiger partial charge in [0.2, 0.25) is 0 Å². The second-order valence-electron chi connectivity index (χ2n) is 8.16. The molecule has 3 aromatic rings. The molecule has 3 amide bonds. The molecule has 4 rings (SSSR count). The van der Waals surface area contributed by atoms with Crippen LogP contribution in [-0.4, -0.2) is 30.3 Å². The summed E-state index contributed by atoms with van der Waals surface area (Å²) in [5, 5.41) is 4.99. The Labute approximate surface area is 227 Å². The largest absolute Gasteiger partial charge is 0.462 e. The summed E-state index contributed by atoms with van der Waals surface area (Å²) >= 11 is 3.38. The monoisotopic (exact) mass is 577 g/mol. The molecule has 0 saturated heterocycles. The van der Waals surface area contributed by atoms with E-state index in [4.69, 9.17) is 9.15 Å². The maximum Gasteiger partial charge on any atom is 0.340 e. The molecule has 0 aliphatic carbocycles. The number of esters is 1. The number of halogens is 1. The summed E-state index contributed by atoms with van der Waals surface area (Å²) in [6.45, 7) is 3.46. The van der Waals surface area contributed by atoms with E-state index in [9.17, 15) is 19.2 Å². The molecule has 38 heavy (non-hydrogen) atoms. The van der Waals surface area contributed by atoms with Crippen LogP contribution in [0.5, 0.6) is 0 Å². The smallest absolute Gasteiger partial charge is 0.340 e. The number of anilines is 2. The van der Waals surface area contributed by atoms with Gasteiger partial charge in [-0.25, -0.2) is 4.79 Å². The average molecular weight is 578 g/mol. The third-order valence-corrected chi connectivity index (χ3v) is 6.12. The lowest BCUT2D eigenvalue weighted by Gasteiger charge is -2.17. The molecule has 0 saturated carbocycles. The topological polar surface area (TPSA) is 118 Å². The van der Waals surface area contributed by atoms with Gasteiger partial charge in [-0.15, -0.1) is 0 Å². The molecule has 1 aromatic heterocycles. The van der Waals surface area contributed by atoms with Gasteiger partial charge in [-0.1, -0.05) is 34.1 Å². The predicted octanol–water partition coefficient (Wildman–Crippen LogP) is 4.56. The molecular formula is C28H24BrN3O6.